The van der Waals surface area contributed by atoms with E-state index >= 15 is 0 Å². The molecule has 0 aliphatic carbocycles. The van der Waals surface area contributed by atoms with Crippen LogP contribution in [0, 0.1) is 10.6 Å². The van der Waals surface area contributed by atoms with Crippen molar-refractivity contribution in [2.75, 3.05) is 25.6 Å². The summed E-state index contributed by atoms with van der Waals surface area (Å²) in [5.74, 6) is 0.0782. The zero-order chi connectivity index (χ0) is 22.7. The topological polar surface area (TPSA) is 35.2 Å². The molecule has 0 N–H and O–H groups in total. The van der Waals surface area contributed by atoms with Crippen molar-refractivity contribution in [1.29, 1.82) is 0 Å². The van der Waals surface area contributed by atoms with Crippen molar-refractivity contribution in [3.05, 3.63) is 88.8 Å². The molecule has 0 aliphatic heterocycles. The van der Waals surface area contributed by atoms with Crippen molar-refractivity contribution in [2.24, 2.45) is 0 Å². The van der Waals surface area contributed by atoms with Gasteiger partial charge in [0, 0.05) is 66.8 Å². The molecule has 8 heteroatoms. The lowest BCUT2D eigenvalue weighted by Crippen LogP contribution is -2.22. The Labute approximate surface area is 196 Å². The molecule has 0 bridgehead atoms. The van der Waals surface area contributed by atoms with Crippen molar-refractivity contribution in [2.45, 2.75) is 6.54 Å². The van der Waals surface area contributed by atoms with Crippen LogP contribution < -0.4 is 9.64 Å². The van der Waals surface area contributed by atoms with E-state index in [0.29, 0.717) is 22.1 Å². The lowest BCUT2D eigenvalue weighted by molar-refractivity contribution is 0.413. The van der Waals surface area contributed by atoms with Crippen molar-refractivity contribution in [3.8, 4) is 22.7 Å². The number of ether oxygens (including phenoxy) is 1. The fourth-order valence-corrected chi connectivity index (χ4v) is 4.02. The van der Waals surface area contributed by atoms with Crippen LogP contribution in [0.3, 0.4) is 0 Å². The largest absolute Gasteiger partial charge is 0.496 e. The molecule has 0 saturated heterocycles. The molecule has 4 aromatic rings. The van der Waals surface area contributed by atoms with Crippen LogP contribution in [0.4, 0.5) is 10.1 Å². The molecule has 4 rings (SSSR count). The quantitative estimate of drug-likeness (QED) is 0.311. The van der Waals surface area contributed by atoms with Crippen molar-refractivity contribution in [1.82, 2.24) is 14.1 Å². The van der Waals surface area contributed by atoms with Gasteiger partial charge >= 0.3 is 0 Å². The second kappa shape index (κ2) is 9.54. The van der Waals surface area contributed by atoms with Gasteiger partial charge in [0.1, 0.15) is 11.6 Å². The summed E-state index contributed by atoms with van der Waals surface area (Å²) in [7, 11) is 3.55. The third-order valence-electron chi connectivity index (χ3n) is 5.26. The number of imidazole rings is 1. The van der Waals surface area contributed by atoms with Crippen LogP contribution in [-0.2, 0) is 6.54 Å². The highest BCUT2D eigenvalue weighted by atomic mass is 35.5. The summed E-state index contributed by atoms with van der Waals surface area (Å²) in [6.07, 6.45) is 5.52. The van der Waals surface area contributed by atoms with Crippen LogP contribution in [0.2, 0.25) is 5.02 Å². The van der Waals surface area contributed by atoms with E-state index in [2.05, 4.69) is 9.88 Å². The Morgan fingerprint density at radius 1 is 1.09 bits per heavy atom. The molecule has 0 unspecified atom stereocenters. The molecule has 32 heavy (non-hydrogen) atoms. The van der Waals surface area contributed by atoms with Gasteiger partial charge in [0.2, 0.25) is 0 Å². The third kappa shape index (κ3) is 4.54. The van der Waals surface area contributed by atoms with Gasteiger partial charge in [-0.05, 0) is 60.7 Å². The van der Waals surface area contributed by atoms with E-state index in [1.165, 1.54) is 19.2 Å². The predicted molar refractivity (Wildman–Crippen MR) is 129 cm³/mol. The molecule has 164 valence electrons. The molecule has 0 amide bonds. The minimum absolute atomic E-state index is 0.361. The monoisotopic (exact) mass is 468 g/mol. The molecular weight excluding hydrogens is 447 g/mol. The van der Waals surface area contributed by atoms with Crippen LogP contribution in [-0.4, -0.2) is 34.8 Å². The maximum absolute atomic E-state index is 13.8. The van der Waals surface area contributed by atoms with E-state index in [0.717, 1.165) is 29.2 Å². The number of benzene rings is 2. The Morgan fingerprint density at radius 2 is 1.81 bits per heavy atom. The summed E-state index contributed by atoms with van der Waals surface area (Å²) in [5, 5.41) is 0.639. The van der Waals surface area contributed by atoms with Gasteiger partial charge in [0.05, 0.1) is 12.8 Å². The summed E-state index contributed by atoms with van der Waals surface area (Å²) in [6.45, 7) is 1.40. The predicted octanol–water partition coefficient (Wildman–Crippen LogP) is 6.01. The first kappa shape index (κ1) is 22.0. The molecule has 2 aromatic carbocycles. The van der Waals surface area contributed by atoms with Crippen molar-refractivity contribution in [3.63, 3.8) is 0 Å². The minimum Gasteiger partial charge on any atom is -0.496 e. The first-order valence-corrected chi connectivity index (χ1v) is 10.8. The molecule has 2 heterocycles. The van der Waals surface area contributed by atoms with Gasteiger partial charge in [-0.15, -0.1) is 0 Å². The second-order valence-electron chi connectivity index (χ2n) is 7.27. The highest BCUT2D eigenvalue weighted by Crippen LogP contribution is 2.33. The van der Waals surface area contributed by atoms with Gasteiger partial charge in [0.15, 0.2) is 4.77 Å². The summed E-state index contributed by atoms with van der Waals surface area (Å²) < 4.78 is 23.9. The van der Waals surface area contributed by atoms with Gasteiger partial charge in [-0.3, -0.25) is 9.55 Å². The van der Waals surface area contributed by atoms with E-state index in [1.807, 2.05) is 58.8 Å². The summed E-state index contributed by atoms with van der Waals surface area (Å²) in [4.78, 5) is 6.21. The van der Waals surface area contributed by atoms with E-state index in [4.69, 9.17) is 28.6 Å². The standard InChI is InChI=1S/C24H22ClFN4OS/c1-28(19-9-11-27-12-10-19)13-14-29-16-22(21-8-5-18(26)15-23(21)31-2)30(24(29)32)20-6-3-17(25)4-7-20/h3-12,15-16H,13-14H2,1-2H3. The van der Waals surface area contributed by atoms with Gasteiger partial charge in [0.25, 0.3) is 0 Å². The molecule has 2 aromatic heterocycles. The van der Waals surface area contributed by atoms with Crippen LogP contribution in [0.1, 0.15) is 0 Å². The average Bonchev–Trinajstić information content (AvgIpc) is 3.14. The number of rotatable bonds is 7. The average molecular weight is 469 g/mol. The number of hydrogen-bond donors (Lipinski definition) is 0. The molecular formula is C24H22ClFN4OS. The van der Waals surface area contributed by atoms with E-state index in [-0.39, 0.29) is 5.82 Å². The van der Waals surface area contributed by atoms with Gasteiger partial charge in [-0.25, -0.2) is 4.39 Å². The third-order valence-corrected chi connectivity index (χ3v) is 5.93. The second-order valence-corrected chi connectivity index (χ2v) is 8.08. The number of hydrogen-bond acceptors (Lipinski definition) is 4. The highest BCUT2D eigenvalue weighted by molar-refractivity contribution is 7.71. The number of pyridine rings is 1. The number of likely N-dealkylation sites (N-methyl/N-ethyl adjacent to an activating group) is 1. The Bertz CT molecular complexity index is 1270. The number of nitrogens with zero attached hydrogens (tertiary/aromatic N) is 4. The minimum atomic E-state index is -0.361. The van der Waals surface area contributed by atoms with E-state index in [9.17, 15) is 4.39 Å². The Kier molecular flexibility index (Phi) is 6.58. The normalized spacial score (nSPS) is 10.9. The van der Waals surface area contributed by atoms with Crippen LogP contribution in [0.25, 0.3) is 16.9 Å². The Morgan fingerprint density at radius 3 is 2.50 bits per heavy atom. The summed E-state index contributed by atoms with van der Waals surface area (Å²) in [5.41, 5.74) is 3.49. The fourth-order valence-electron chi connectivity index (χ4n) is 3.54. The first-order chi connectivity index (χ1) is 15.5. The maximum atomic E-state index is 13.8. The Hall–Kier alpha value is -3.16. The molecule has 0 fully saturated rings. The van der Waals surface area contributed by atoms with Crippen molar-refractivity contribution < 1.29 is 9.13 Å². The number of methoxy groups -OCH3 is 1. The molecule has 0 radical (unpaired) electrons. The van der Waals surface area contributed by atoms with Crippen LogP contribution in [0.5, 0.6) is 5.75 Å². The lowest BCUT2D eigenvalue weighted by atomic mass is 10.1. The molecule has 0 atom stereocenters. The fraction of sp³-hybridized carbons (Fsp3) is 0.167. The maximum Gasteiger partial charge on any atom is 0.185 e. The van der Waals surface area contributed by atoms with Gasteiger partial charge < -0.3 is 14.2 Å². The molecule has 0 aliphatic rings. The zero-order valence-corrected chi connectivity index (χ0v) is 19.3. The zero-order valence-electron chi connectivity index (χ0n) is 17.7. The summed E-state index contributed by atoms with van der Waals surface area (Å²) >= 11 is 11.9. The highest BCUT2D eigenvalue weighted by Gasteiger charge is 2.17. The first-order valence-electron chi connectivity index (χ1n) is 10.0. The number of halogens is 2. The van der Waals surface area contributed by atoms with Crippen LogP contribution in [0.15, 0.2) is 73.2 Å². The van der Waals surface area contributed by atoms with E-state index in [1.54, 1.807) is 18.5 Å². The van der Waals surface area contributed by atoms with Crippen molar-refractivity contribution >= 4 is 29.5 Å². The SMILES string of the molecule is COc1cc(F)ccc1-c1cn(CCN(C)c2ccncc2)c(=S)n1-c1ccc(Cl)cc1. The van der Waals surface area contributed by atoms with Gasteiger partial charge in [-0.1, -0.05) is 11.6 Å². The lowest BCUT2D eigenvalue weighted by Gasteiger charge is -2.19. The molecule has 0 saturated carbocycles. The van der Waals surface area contributed by atoms with E-state index < -0.39 is 0 Å². The van der Waals surface area contributed by atoms with Crippen LogP contribution >= 0.6 is 23.8 Å². The Balaban J connectivity index is 1.77. The molecule has 0 spiro atoms. The number of anilines is 1. The van der Waals surface area contributed by atoms with Gasteiger partial charge in [-0.2, -0.15) is 0 Å². The number of aromatic nitrogens is 3. The smallest absolute Gasteiger partial charge is 0.185 e. The summed E-state index contributed by atoms with van der Waals surface area (Å²) in [6, 6.07) is 15.9. The molecule has 5 nitrogen and oxygen atoms in total.